The second-order valence-electron chi connectivity index (χ2n) is 6.72. The largest absolute Gasteiger partial charge is 0.493 e. The molecule has 2 N–H and O–H groups in total. The van der Waals surface area contributed by atoms with Gasteiger partial charge >= 0.3 is 0 Å². The molecule has 0 fully saturated rings. The van der Waals surface area contributed by atoms with E-state index in [9.17, 15) is 4.39 Å². The van der Waals surface area contributed by atoms with Crippen LogP contribution in [0.25, 0.3) is 11.5 Å². The number of benzene rings is 2. The number of halogens is 1. The number of ether oxygens (including phenoxy) is 4. The molecule has 13 heteroatoms. The van der Waals surface area contributed by atoms with Gasteiger partial charge in [0.2, 0.25) is 22.7 Å². The molecule has 0 saturated heterocycles. The van der Waals surface area contributed by atoms with Crippen LogP contribution in [0.5, 0.6) is 23.0 Å². The first-order valence-electron chi connectivity index (χ1n) is 9.85. The number of thioether (sulfide) groups is 1. The molecule has 4 rings (SSSR count). The highest BCUT2D eigenvalue weighted by Gasteiger charge is 2.18. The van der Waals surface area contributed by atoms with E-state index in [1.54, 1.807) is 12.1 Å². The Balaban J connectivity index is 1.41. The minimum Gasteiger partial charge on any atom is -0.493 e. The molecule has 11 nitrogen and oxygen atoms in total. The molecule has 0 spiro atoms. The molecule has 0 aliphatic rings. The van der Waals surface area contributed by atoms with Crippen LogP contribution in [-0.4, -0.2) is 46.4 Å². The molecule has 0 aliphatic heterocycles. The van der Waals surface area contributed by atoms with Crippen molar-refractivity contribution in [3.05, 3.63) is 53.9 Å². The van der Waals surface area contributed by atoms with E-state index in [0.717, 1.165) is 0 Å². The number of methoxy groups -OCH3 is 3. The van der Waals surface area contributed by atoms with Crippen LogP contribution in [0.2, 0.25) is 0 Å². The minimum absolute atomic E-state index is 0.0710. The average Bonchev–Trinajstić information content (AvgIpc) is 3.48. The number of hydrogen-bond donors (Lipinski definition) is 1. The molecule has 0 amide bonds. The lowest BCUT2D eigenvalue weighted by Crippen LogP contribution is -2.15. The zero-order valence-corrected chi connectivity index (χ0v) is 19.3. The molecular formula is C21H21FN6O5S. The van der Waals surface area contributed by atoms with Crippen molar-refractivity contribution < 1.29 is 27.8 Å². The fourth-order valence-corrected chi connectivity index (χ4v) is 3.65. The molecule has 0 bridgehead atoms. The molecule has 4 aromatic rings. The van der Waals surface area contributed by atoms with Crippen LogP contribution >= 0.6 is 11.8 Å². The zero-order chi connectivity index (χ0) is 24.1. The monoisotopic (exact) mass is 488 g/mol. The summed E-state index contributed by atoms with van der Waals surface area (Å²) in [6.45, 7) is 0.0710. The summed E-state index contributed by atoms with van der Waals surface area (Å²) in [6.07, 6.45) is 0. The van der Waals surface area contributed by atoms with Crippen LogP contribution in [-0.2, 0) is 12.4 Å². The van der Waals surface area contributed by atoms with Gasteiger partial charge in [0.15, 0.2) is 17.3 Å². The summed E-state index contributed by atoms with van der Waals surface area (Å²) in [6, 6.07) is 9.08. The molecule has 2 aromatic carbocycles. The highest BCUT2D eigenvalue weighted by molar-refractivity contribution is 7.98. The van der Waals surface area contributed by atoms with Gasteiger partial charge in [0.1, 0.15) is 18.2 Å². The van der Waals surface area contributed by atoms with Gasteiger partial charge in [-0.2, -0.15) is 0 Å². The number of nitrogens with zero attached hydrogens (tertiary/aromatic N) is 5. The van der Waals surface area contributed by atoms with Crippen LogP contribution in [0.4, 0.5) is 4.39 Å². The lowest BCUT2D eigenvalue weighted by atomic mass is 10.2. The highest BCUT2D eigenvalue weighted by Crippen LogP contribution is 2.41. The van der Waals surface area contributed by atoms with Crippen LogP contribution in [0, 0.1) is 5.82 Å². The third-order valence-corrected chi connectivity index (χ3v) is 5.55. The number of rotatable bonds is 10. The Morgan fingerprint density at radius 3 is 2.32 bits per heavy atom. The van der Waals surface area contributed by atoms with Gasteiger partial charge in [-0.15, -0.1) is 20.4 Å². The van der Waals surface area contributed by atoms with E-state index in [0.29, 0.717) is 51.2 Å². The number of aromatic nitrogens is 5. The number of hydrogen-bond acceptors (Lipinski definition) is 11. The average molecular weight is 489 g/mol. The molecular weight excluding hydrogens is 467 g/mol. The summed E-state index contributed by atoms with van der Waals surface area (Å²) < 4.78 is 41.7. The van der Waals surface area contributed by atoms with Crippen LogP contribution in [0.15, 0.2) is 46.0 Å². The third-order valence-electron chi connectivity index (χ3n) is 4.62. The van der Waals surface area contributed by atoms with E-state index in [1.165, 1.54) is 62.0 Å². The first kappa shape index (κ1) is 23.2. The van der Waals surface area contributed by atoms with E-state index in [1.807, 2.05) is 0 Å². The van der Waals surface area contributed by atoms with Crippen molar-refractivity contribution in [3.63, 3.8) is 0 Å². The van der Waals surface area contributed by atoms with Crippen molar-refractivity contribution >= 4 is 11.8 Å². The van der Waals surface area contributed by atoms with Gasteiger partial charge in [-0.25, -0.2) is 9.07 Å². The lowest BCUT2D eigenvalue weighted by Gasteiger charge is -2.12. The fraction of sp³-hybridized carbons (Fsp3) is 0.238. The number of nitrogens with two attached hydrogens (primary N) is 1. The van der Waals surface area contributed by atoms with Crippen molar-refractivity contribution in [2.45, 2.75) is 17.5 Å². The quantitative estimate of drug-likeness (QED) is 0.261. The van der Waals surface area contributed by atoms with Crippen molar-refractivity contribution in [1.82, 2.24) is 25.1 Å². The van der Waals surface area contributed by atoms with Crippen LogP contribution in [0.1, 0.15) is 11.7 Å². The maximum Gasteiger partial charge on any atom is 0.248 e. The molecule has 0 unspecified atom stereocenters. The molecule has 2 heterocycles. The molecule has 0 atom stereocenters. The van der Waals surface area contributed by atoms with E-state index in [2.05, 4.69) is 20.4 Å². The van der Waals surface area contributed by atoms with Gasteiger partial charge in [-0.3, -0.25) is 0 Å². The van der Waals surface area contributed by atoms with Crippen molar-refractivity contribution in [2.24, 2.45) is 0 Å². The lowest BCUT2D eigenvalue weighted by molar-refractivity contribution is 0.291. The standard InChI is InChI=1S/C21H21FN6O5S/c1-29-15-8-12(9-16(30-2)19(15)31-3)20-26-25-18(33-20)11-34-21-27-24-17(28(21)23)10-32-14-6-4-13(22)5-7-14/h4-9H,10-11,23H2,1-3H3. The first-order chi connectivity index (χ1) is 16.5. The van der Waals surface area contributed by atoms with E-state index in [4.69, 9.17) is 29.2 Å². The Morgan fingerprint density at radius 1 is 0.971 bits per heavy atom. The molecule has 34 heavy (non-hydrogen) atoms. The summed E-state index contributed by atoms with van der Waals surface area (Å²) in [4.78, 5) is 0. The smallest absolute Gasteiger partial charge is 0.248 e. The minimum atomic E-state index is -0.345. The molecule has 0 radical (unpaired) electrons. The van der Waals surface area contributed by atoms with Crippen LogP contribution in [0.3, 0.4) is 0 Å². The maximum absolute atomic E-state index is 13.0. The van der Waals surface area contributed by atoms with Crippen molar-refractivity contribution in [2.75, 3.05) is 27.2 Å². The van der Waals surface area contributed by atoms with Crippen molar-refractivity contribution in [3.8, 4) is 34.5 Å². The summed E-state index contributed by atoms with van der Waals surface area (Å²) in [5.41, 5.74) is 0.612. The predicted octanol–water partition coefficient (Wildman–Crippen LogP) is 3.08. The first-order valence-corrected chi connectivity index (χ1v) is 10.8. The van der Waals surface area contributed by atoms with E-state index >= 15 is 0 Å². The summed E-state index contributed by atoms with van der Waals surface area (Å²) in [5.74, 6) is 8.98. The van der Waals surface area contributed by atoms with Gasteiger partial charge < -0.3 is 29.2 Å². The van der Waals surface area contributed by atoms with Gasteiger partial charge in [-0.05, 0) is 36.4 Å². The SMILES string of the molecule is COc1cc(-c2nnc(CSc3nnc(COc4ccc(F)cc4)n3N)o2)cc(OC)c1OC. The normalized spacial score (nSPS) is 10.8. The highest BCUT2D eigenvalue weighted by atomic mass is 32.2. The zero-order valence-electron chi connectivity index (χ0n) is 18.5. The molecule has 0 saturated carbocycles. The van der Waals surface area contributed by atoms with E-state index in [-0.39, 0.29) is 18.3 Å². The fourth-order valence-electron chi connectivity index (χ4n) is 2.94. The van der Waals surface area contributed by atoms with Crippen molar-refractivity contribution in [1.29, 1.82) is 0 Å². The summed E-state index contributed by atoms with van der Waals surface area (Å²) in [5, 5.41) is 16.7. The topological polar surface area (TPSA) is 133 Å². The third kappa shape index (κ3) is 4.98. The maximum atomic E-state index is 13.0. The molecule has 0 aliphatic carbocycles. The van der Waals surface area contributed by atoms with Crippen LogP contribution < -0.4 is 24.8 Å². The summed E-state index contributed by atoms with van der Waals surface area (Å²) in [7, 11) is 4.58. The Labute approximate surface area is 198 Å². The Morgan fingerprint density at radius 2 is 1.68 bits per heavy atom. The molecule has 178 valence electrons. The van der Waals surface area contributed by atoms with Gasteiger partial charge in [0.05, 0.1) is 27.1 Å². The Kier molecular flexibility index (Phi) is 7.01. The van der Waals surface area contributed by atoms with Gasteiger partial charge in [0.25, 0.3) is 0 Å². The predicted molar refractivity (Wildman–Crippen MR) is 120 cm³/mol. The second-order valence-corrected chi connectivity index (χ2v) is 7.66. The Hall–Kier alpha value is -4.00. The van der Waals surface area contributed by atoms with E-state index < -0.39 is 0 Å². The van der Waals surface area contributed by atoms with Gasteiger partial charge in [-0.1, -0.05) is 11.8 Å². The summed E-state index contributed by atoms with van der Waals surface area (Å²) >= 11 is 1.27. The number of nitrogen functional groups attached to an aromatic ring is 1. The second kappa shape index (κ2) is 10.3. The van der Waals surface area contributed by atoms with Gasteiger partial charge in [0, 0.05) is 5.56 Å². The Bertz CT molecular complexity index is 1240. The molecule has 2 aromatic heterocycles.